The van der Waals surface area contributed by atoms with Crippen molar-refractivity contribution in [2.75, 3.05) is 20.5 Å². The first-order valence-electron chi connectivity index (χ1n) is 5.03. The molecule has 0 atom stereocenters. The van der Waals surface area contributed by atoms with E-state index in [9.17, 15) is 0 Å². The molecule has 94 valence electrons. The Kier molecular flexibility index (Phi) is 6.62. The molecular weight excluding hydrogens is 352 g/mol. The zero-order valence-electron chi connectivity index (χ0n) is 9.70. The third kappa shape index (κ3) is 4.69. The summed E-state index contributed by atoms with van der Waals surface area (Å²) in [6.45, 7) is 2.71. The Morgan fingerprint density at radius 1 is 1.12 bits per heavy atom. The minimum Gasteiger partial charge on any atom is -0.488 e. The maximum atomic E-state index is 5.57. The van der Waals surface area contributed by atoms with E-state index in [0.717, 1.165) is 14.7 Å². The number of hydrogen-bond acceptors (Lipinski definition) is 3. The van der Waals surface area contributed by atoms with Crippen LogP contribution >= 0.6 is 31.9 Å². The van der Waals surface area contributed by atoms with Gasteiger partial charge in [0.25, 0.3) is 0 Å². The lowest BCUT2D eigenvalue weighted by Gasteiger charge is -2.11. The van der Waals surface area contributed by atoms with E-state index in [2.05, 4.69) is 31.9 Å². The summed E-state index contributed by atoms with van der Waals surface area (Å²) in [5.41, 5.74) is 0. The SMILES string of the molecule is C/C=C/COc1cc(Br)c(OCOC)cc1Br. The van der Waals surface area contributed by atoms with E-state index >= 15 is 0 Å². The molecule has 0 saturated carbocycles. The van der Waals surface area contributed by atoms with Gasteiger partial charge in [0.15, 0.2) is 6.79 Å². The van der Waals surface area contributed by atoms with Crippen LogP contribution in [0, 0.1) is 0 Å². The third-order valence-corrected chi connectivity index (χ3v) is 3.13. The molecule has 0 radical (unpaired) electrons. The largest absolute Gasteiger partial charge is 0.488 e. The second kappa shape index (κ2) is 7.74. The summed E-state index contributed by atoms with van der Waals surface area (Å²) in [4.78, 5) is 0. The van der Waals surface area contributed by atoms with Crippen LogP contribution in [0.2, 0.25) is 0 Å². The maximum absolute atomic E-state index is 5.57. The van der Waals surface area contributed by atoms with Crippen LogP contribution < -0.4 is 9.47 Å². The molecule has 5 heteroatoms. The molecule has 1 rings (SSSR count). The Labute approximate surface area is 118 Å². The fraction of sp³-hybridized carbons (Fsp3) is 0.333. The maximum Gasteiger partial charge on any atom is 0.188 e. The van der Waals surface area contributed by atoms with Crippen LogP contribution in [0.5, 0.6) is 11.5 Å². The average Bonchev–Trinajstić information content (AvgIpc) is 2.31. The Bertz CT molecular complexity index is 392. The van der Waals surface area contributed by atoms with Gasteiger partial charge >= 0.3 is 0 Å². The van der Waals surface area contributed by atoms with E-state index in [1.165, 1.54) is 0 Å². The molecule has 0 aliphatic carbocycles. The van der Waals surface area contributed by atoms with Crippen LogP contribution in [0.4, 0.5) is 0 Å². The number of benzene rings is 1. The quantitative estimate of drug-likeness (QED) is 0.559. The Hall–Kier alpha value is -0.520. The van der Waals surface area contributed by atoms with Crippen molar-refractivity contribution in [1.82, 2.24) is 0 Å². The van der Waals surface area contributed by atoms with Gasteiger partial charge in [0, 0.05) is 7.11 Å². The van der Waals surface area contributed by atoms with Gasteiger partial charge in [-0.05, 0) is 50.9 Å². The number of rotatable bonds is 6. The average molecular weight is 366 g/mol. The van der Waals surface area contributed by atoms with Gasteiger partial charge < -0.3 is 14.2 Å². The molecule has 0 N–H and O–H groups in total. The summed E-state index contributed by atoms with van der Waals surface area (Å²) >= 11 is 6.86. The van der Waals surface area contributed by atoms with Crippen molar-refractivity contribution in [3.05, 3.63) is 33.2 Å². The molecule has 1 aromatic carbocycles. The second-order valence-corrected chi connectivity index (χ2v) is 4.85. The van der Waals surface area contributed by atoms with Crippen molar-refractivity contribution in [3.63, 3.8) is 0 Å². The van der Waals surface area contributed by atoms with E-state index in [1.807, 2.05) is 31.2 Å². The van der Waals surface area contributed by atoms with Gasteiger partial charge in [-0.3, -0.25) is 0 Å². The van der Waals surface area contributed by atoms with Crippen LogP contribution in [-0.4, -0.2) is 20.5 Å². The van der Waals surface area contributed by atoms with Crippen molar-refractivity contribution in [3.8, 4) is 11.5 Å². The van der Waals surface area contributed by atoms with E-state index in [1.54, 1.807) is 7.11 Å². The highest BCUT2D eigenvalue weighted by atomic mass is 79.9. The lowest BCUT2D eigenvalue weighted by Crippen LogP contribution is -2.00. The summed E-state index contributed by atoms with van der Waals surface area (Å²) in [7, 11) is 1.58. The minimum absolute atomic E-state index is 0.212. The number of methoxy groups -OCH3 is 1. The number of hydrogen-bond donors (Lipinski definition) is 0. The molecule has 0 aromatic heterocycles. The molecule has 0 bridgehead atoms. The summed E-state index contributed by atoms with van der Waals surface area (Å²) in [6.07, 6.45) is 3.88. The van der Waals surface area contributed by atoms with Crippen LogP contribution in [0.25, 0.3) is 0 Å². The lowest BCUT2D eigenvalue weighted by atomic mass is 10.3. The van der Waals surface area contributed by atoms with E-state index < -0.39 is 0 Å². The first-order valence-corrected chi connectivity index (χ1v) is 6.62. The van der Waals surface area contributed by atoms with E-state index in [-0.39, 0.29) is 6.79 Å². The summed E-state index contributed by atoms with van der Waals surface area (Å²) < 4.78 is 17.5. The molecular formula is C12H14Br2O3. The third-order valence-electron chi connectivity index (χ3n) is 1.89. The number of ether oxygens (including phenoxy) is 3. The second-order valence-electron chi connectivity index (χ2n) is 3.14. The fourth-order valence-corrected chi connectivity index (χ4v) is 1.96. The van der Waals surface area contributed by atoms with Gasteiger partial charge in [-0.25, -0.2) is 0 Å². The van der Waals surface area contributed by atoms with Gasteiger partial charge in [-0.15, -0.1) is 0 Å². The fourth-order valence-electron chi connectivity index (χ4n) is 1.09. The van der Waals surface area contributed by atoms with E-state index in [4.69, 9.17) is 14.2 Å². The summed E-state index contributed by atoms with van der Waals surface area (Å²) in [5, 5.41) is 0. The van der Waals surface area contributed by atoms with Gasteiger partial charge in [0.2, 0.25) is 0 Å². The molecule has 0 fully saturated rings. The van der Waals surface area contributed by atoms with Crippen LogP contribution in [0.1, 0.15) is 6.92 Å². The minimum atomic E-state index is 0.212. The molecule has 0 saturated heterocycles. The zero-order valence-corrected chi connectivity index (χ0v) is 12.9. The Morgan fingerprint density at radius 2 is 1.71 bits per heavy atom. The highest BCUT2D eigenvalue weighted by molar-refractivity contribution is 9.11. The van der Waals surface area contributed by atoms with Gasteiger partial charge in [-0.1, -0.05) is 12.2 Å². The first kappa shape index (κ1) is 14.5. The molecule has 0 heterocycles. The van der Waals surface area contributed by atoms with Crippen molar-refractivity contribution in [1.29, 1.82) is 0 Å². The highest BCUT2D eigenvalue weighted by Gasteiger charge is 2.08. The van der Waals surface area contributed by atoms with Gasteiger partial charge in [-0.2, -0.15) is 0 Å². The molecule has 0 spiro atoms. The molecule has 0 aliphatic heterocycles. The van der Waals surface area contributed by atoms with Crippen molar-refractivity contribution in [2.45, 2.75) is 6.92 Å². The molecule has 3 nitrogen and oxygen atoms in total. The topological polar surface area (TPSA) is 27.7 Å². The predicted octanol–water partition coefficient (Wildman–Crippen LogP) is 4.15. The lowest BCUT2D eigenvalue weighted by molar-refractivity contribution is 0.0505. The smallest absolute Gasteiger partial charge is 0.188 e. The summed E-state index contributed by atoms with van der Waals surface area (Å²) in [5.74, 6) is 1.47. The van der Waals surface area contributed by atoms with Crippen LogP contribution in [0.3, 0.4) is 0 Å². The molecule has 1 aromatic rings. The van der Waals surface area contributed by atoms with Crippen LogP contribution in [0.15, 0.2) is 33.2 Å². The van der Waals surface area contributed by atoms with Gasteiger partial charge in [0.05, 0.1) is 8.95 Å². The zero-order chi connectivity index (χ0) is 12.7. The van der Waals surface area contributed by atoms with Crippen molar-refractivity contribution in [2.24, 2.45) is 0 Å². The first-order chi connectivity index (χ1) is 8.19. The Balaban J connectivity index is 2.77. The summed E-state index contributed by atoms with van der Waals surface area (Å²) in [6, 6.07) is 3.70. The standard InChI is InChI=1S/C12H14Br2O3/c1-3-4-5-16-11-6-10(14)12(7-9(11)13)17-8-15-2/h3-4,6-7H,5,8H2,1-2H3/b4-3+. The molecule has 17 heavy (non-hydrogen) atoms. The van der Waals surface area contributed by atoms with Crippen LogP contribution in [-0.2, 0) is 4.74 Å². The molecule has 0 amide bonds. The highest BCUT2D eigenvalue weighted by Crippen LogP contribution is 2.36. The normalized spacial score (nSPS) is 10.8. The Morgan fingerprint density at radius 3 is 2.24 bits per heavy atom. The monoisotopic (exact) mass is 364 g/mol. The number of halogens is 2. The van der Waals surface area contributed by atoms with Gasteiger partial charge in [0.1, 0.15) is 18.1 Å². The van der Waals surface area contributed by atoms with E-state index in [0.29, 0.717) is 12.4 Å². The molecule has 0 aliphatic rings. The number of allylic oxidation sites excluding steroid dienone is 1. The molecule has 0 unspecified atom stereocenters. The van der Waals surface area contributed by atoms with Crippen molar-refractivity contribution >= 4 is 31.9 Å². The predicted molar refractivity (Wildman–Crippen MR) is 74.7 cm³/mol. The van der Waals surface area contributed by atoms with Crippen molar-refractivity contribution < 1.29 is 14.2 Å².